The molecular weight excluding hydrogens is 376 g/mol. The van der Waals surface area contributed by atoms with Crippen molar-refractivity contribution in [2.45, 2.75) is 31.9 Å². The standard InChI is InChI=1S/C24H26N4O2/c1-17-6-7-22(27-13-17)24(29)9-8-19-15-28(16-21(19)24)14-18-4-2-5-20(12-18)30-23-25-10-3-11-26-23/h2-7,10-13,19,21,29H,8-9,14-16H2,1H3/t19-,21+,24-/m0/s1. The van der Waals surface area contributed by atoms with Crippen LogP contribution in [-0.4, -0.2) is 38.0 Å². The van der Waals surface area contributed by atoms with Gasteiger partial charge in [0.05, 0.1) is 5.69 Å². The van der Waals surface area contributed by atoms with Gasteiger partial charge >= 0.3 is 6.01 Å². The molecule has 0 spiro atoms. The van der Waals surface area contributed by atoms with Crippen LogP contribution in [-0.2, 0) is 12.1 Å². The second kappa shape index (κ2) is 7.78. The Labute approximate surface area is 176 Å². The van der Waals surface area contributed by atoms with E-state index in [1.807, 2.05) is 43.5 Å². The molecule has 154 valence electrons. The van der Waals surface area contributed by atoms with E-state index in [2.05, 4.69) is 25.9 Å². The fourth-order valence-electron chi connectivity index (χ4n) is 4.96. The molecule has 2 aromatic heterocycles. The van der Waals surface area contributed by atoms with Crippen LogP contribution in [0.2, 0.25) is 0 Å². The highest BCUT2D eigenvalue weighted by Gasteiger charge is 2.52. The molecule has 2 fully saturated rings. The first-order valence-electron chi connectivity index (χ1n) is 10.5. The van der Waals surface area contributed by atoms with E-state index in [9.17, 15) is 5.11 Å². The molecule has 2 aliphatic rings. The molecular formula is C24H26N4O2. The Balaban J connectivity index is 1.28. The van der Waals surface area contributed by atoms with E-state index in [0.717, 1.165) is 49.5 Å². The lowest BCUT2D eigenvalue weighted by Gasteiger charge is -2.30. The highest BCUT2D eigenvalue weighted by molar-refractivity contribution is 5.30. The number of hydrogen-bond donors (Lipinski definition) is 1. The maximum atomic E-state index is 11.5. The summed E-state index contributed by atoms with van der Waals surface area (Å²) in [6.07, 6.45) is 7.03. The second-order valence-corrected chi connectivity index (χ2v) is 8.53. The lowest BCUT2D eigenvalue weighted by Crippen LogP contribution is -2.35. The molecule has 0 amide bonds. The molecule has 0 bridgehead atoms. The van der Waals surface area contributed by atoms with Crippen molar-refractivity contribution in [3.63, 3.8) is 0 Å². The van der Waals surface area contributed by atoms with Crippen LogP contribution in [0, 0.1) is 18.8 Å². The van der Waals surface area contributed by atoms with Crippen molar-refractivity contribution >= 4 is 0 Å². The monoisotopic (exact) mass is 402 g/mol. The highest BCUT2D eigenvalue weighted by atomic mass is 16.5. The summed E-state index contributed by atoms with van der Waals surface area (Å²) in [5.74, 6) is 1.47. The highest BCUT2D eigenvalue weighted by Crippen LogP contribution is 2.50. The lowest BCUT2D eigenvalue weighted by molar-refractivity contribution is -0.0108. The Morgan fingerprint density at radius 1 is 1.10 bits per heavy atom. The van der Waals surface area contributed by atoms with Gasteiger partial charge in [-0.15, -0.1) is 0 Å². The van der Waals surface area contributed by atoms with Gasteiger partial charge < -0.3 is 9.84 Å². The summed E-state index contributed by atoms with van der Waals surface area (Å²) < 4.78 is 5.77. The van der Waals surface area contributed by atoms with Crippen molar-refractivity contribution in [1.29, 1.82) is 0 Å². The summed E-state index contributed by atoms with van der Waals surface area (Å²) >= 11 is 0. The van der Waals surface area contributed by atoms with Crippen molar-refractivity contribution in [2.75, 3.05) is 13.1 Å². The van der Waals surface area contributed by atoms with Crippen molar-refractivity contribution in [3.05, 3.63) is 77.9 Å². The molecule has 0 unspecified atom stereocenters. The van der Waals surface area contributed by atoms with Gasteiger partial charge in [-0.2, -0.15) is 0 Å². The number of nitrogens with zero attached hydrogens (tertiary/aromatic N) is 4. The van der Waals surface area contributed by atoms with E-state index in [1.54, 1.807) is 18.5 Å². The summed E-state index contributed by atoms with van der Waals surface area (Å²) in [7, 11) is 0. The van der Waals surface area contributed by atoms with Gasteiger partial charge in [-0.3, -0.25) is 9.88 Å². The number of aryl methyl sites for hydroxylation is 1. The number of hydrogen-bond acceptors (Lipinski definition) is 6. The summed E-state index contributed by atoms with van der Waals surface area (Å²) in [6.45, 7) is 4.74. The molecule has 3 aromatic rings. The maximum Gasteiger partial charge on any atom is 0.321 e. The molecule has 3 atom stereocenters. The van der Waals surface area contributed by atoms with Gasteiger partial charge in [0, 0.05) is 44.1 Å². The number of aliphatic hydroxyl groups is 1. The number of fused-ring (bicyclic) bond motifs is 1. The van der Waals surface area contributed by atoms with Gasteiger partial charge in [0.25, 0.3) is 0 Å². The van der Waals surface area contributed by atoms with Crippen LogP contribution in [0.15, 0.2) is 61.1 Å². The van der Waals surface area contributed by atoms with Crippen LogP contribution in [0.1, 0.15) is 29.7 Å². The first kappa shape index (κ1) is 19.2. The fraction of sp³-hybridized carbons (Fsp3) is 0.375. The topological polar surface area (TPSA) is 71.4 Å². The Hall–Kier alpha value is -2.83. The van der Waals surface area contributed by atoms with Gasteiger partial charge in [0.1, 0.15) is 11.4 Å². The smallest absolute Gasteiger partial charge is 0.321 e. The number of pyridine rings is 1. The third-order valence-corrected chi connectivity index (χ3v) is 6.44. The Kier molecular flexibility index (Phi) is 4.97. The molecule has 5 rings (SSSR count). The van der Waals surface area contributed by atoms with Crippen molar-refractivity contribution in [2.24, 2.45) is 11.8 Å². The number of ether oxygens (including phenoxy) is 1. The van der Waals surface area contributed by atoms with Crippen LogP contribution >= 0.6 is 0 Å². The average molecular weight is 402 g/mol. The van der Waals surface area contributed by atoms with Gasteiger partial charge in [0.2, 0.25) is 0 Å². The van der Waals surface area contributed by atoms with E-state index in [4.69, 9.17) is 4.74 Å². The quantitative estimate of drug-likeness (QED) is 0.702. The minimum Gasteiger partial charge on any atom is -0.424 e. The molecule has 6 heteroatoms. The van der Waals surface area contributed by atoms with Crippen LogP contribution in [0.4, 0.5) is 0 Å². The predicted octanol–water partition coefficient (Wildman–Crippen LogP) is 3.70. The Morgan fingerprint density at radius 2 is 1.97 bits per heavy atom. The van der Waals surface area contributed by atoms with E-state index >= 15 is 0 Å². The molecule has 1 aromatic carbocycles. The lowest BCUT2D eigenvalue weighted by atomic mass is 9.85. The van der Waals surface area contributed by atoms with Crippen LogP contribution in [0.25, 0.3) is 0 Å². The third kappa shape index (κ3) is 3.68. The molecule has 1 N–H and O–H groups in total. The molecule has 6 nitrogen and oxygen atoms in total. The van der Waals surface area contributed by atoms with E-state index in [0.29, 0.717) is 11.9 Å². The largest absolute Gasteiger partial charge is 0.424 e. The molecule has 0 radical (unpaired) electrons. The van der Waals surface area contributed by atoms with Crippen LogP contribution < -0.4 is 4.74 Å². The molecule has 1 saturated carbocycles. The summed E-state index contributed by atoms with van der Waals surface area (Å²) in [5.41, 5.74) is 2.30. The molecule has 1 aliphatic heterocycles. The zero-order valence-corrected chi connectivity index (χ0v) is 17.1. The Bertz CT molecular complexity index is 1010. The SMILES string of the molecule is Cc1ccc([C@]2(O)CC[C@H]3CN(Cc4cccc(Oc5ncccn5)c4)C[C@H]32)nc1. The van der Waals surface area contributed by atoms with Crippen molar-refractivity contribution in [3.8, 4) is 11.8 Å². The van der Waals surface area contributed by atoms with E-state index < -0.39 is 5.60 Å². The third-order valence-electron chi connectivity index (χ3n) is 6.44. The number of rotatable bonds is 5. The predicted molar refractivity (Wildman–Crippen MR) is 113 cm³/mol. The van der Waals surface area contributed by atoms with Crippen LogP contribution in [0.5, 0.6) is 11.8 Å². The van der Waals surface area contributed by atoms with Gasteiger partial charge in [-0.1, -0.05) is 18.2 Å². The number of likely N-dealkylation sites (tertiary alicyclic amines) is 1. The second-order valence-electron chi connectivity index (χ2n) is 8.53. The molecule has 1 saturated heterocycles. The Morgan fingerprint density at radius 3 is 2.77 bits per heavy atom. The first-order valence-corrected chi connectivity index (χ1v) is 10.5. The molecule has 3 heterocycles. The number of benzene rings is 1. The minimum atomic E-state index is -0.817. The summed E-state index contributed by atoms with van der Waals surface area (Å²) in [5, 5.41) is 11.5. The zero-order valence-electron chi connectivity index (χ0n) is 17.1. The number of aromatic nitrogens is 3. The molecule has 30 heavy (non-hydrogen) atoms. The van der Waals surface area contributed by atoms with Gasteiger partial charge in [-0.25, -0.2) is 9.97 Å². The first-order chi connectivity index (χ1) is 14.6. The fourth-order valence-corrected chi connectivity index (χ4v) is 4.96. The van der Waals surface area contributed by atoms with E-state index in [-0.39, 0.29) is 5.92 Å². The van der Waals surface area contributed by atoms with E-state index in [1.165, 1.54) is 5.56 Å². The zero-order chi connectivity index (χ0) is 20.6. The average Bonchev–Trinajstić information content (AvgIpc) is 3.30. The van der Waals surface area contributed by atoms with Crippen LogP contribution in [0.3, 0.4) is 0 Å². The van der Waals surface area contributed by atoms with Crippen molar-refractivity contribution < 1.29 is 9.84 Å². The van der Waals surface area contributed by atoms with Gasteiger partial charge in [-0.05, 0) is 61.1 Å². The normalized spacial score (nSPS) is 25.9. The summed E-state index contributed by atoms with van der Waals surface area (Å²) in [4.78, 5) is 15.2. The molecule has 1 aliphatic carbocycles. The summed E-state index contributed by atoms with van der Waals surface area (Å²) in [6, 6.07) is 14.2. The van der Waals surface area contributed by atoms with Crippen molar-refractivity contribution in [1.82, 2.24) is 19.9 Å². The van der Waals surface area contributed by atoms with Gasteiger partial charge in [0.15, 0.2) is 0 Å². The maximum absolute atomic E-state index is 11.5. The minimum absolute atomic E-state index is 0.227.